The Morgan fingerprint density at radius 1 is 1.21 bits per heavy atom. The van der Waals surface area contributed by atoms with Crippen molar-refractivity contribution in [3.05, 3.63) is 0 Å². The predicted molar refractivity (Wildman–Crippen MR) is 82.5 cm³/mol. The molecule has 0 amide bonds. The van der Waals surface area contributed by atoms with Crippen molar-refractivity contribution in [3.8, 4) is 0 Å². The van der Waals surface area contributed by atoms with Crippen LogP contribution in [0.15, 0.2) is 0 Å². The molecule has 1 saturated heterocycles. The van der Waals surface area contributed by atoms with Gasteiger partial charge in [0.05, 0.1) is 0 Å². The summed E-state index contributed by atoms with van der Waals surface area (Å²) in [5, 5.41) is 3.59. The van der Waals surface area contributed by atoms with Gasteiger partial charge in [0.15, 0.2) is 0 Å². The van der Waals surface area contributed by atoms with Crippen molar-refractivity contribution in [2.75, 3.05) is 33.7 Å². The van der Waals surface area contributed by atoms with Gasteiger partial charge in [0.2, 0.25) is 0 Å². The Balaban J connectivity index is 2.10. The van der Waals surface area contributed by atoms with Crippen LogP contribution in [0.5, 0.6) is 0 Å². The second-order valence-corrected chi connectivity index (χ2v) is 6.80. The Kier molecular flexibility index (Phi) is 5.67. The van der Waals surface area contributed by atoms with Crippen LogP contribution >= 0.6 is 0 Å². The van der Waals surface area contributed by atoms with Crippen molar-refractivity contribution in [2.45, 2.75) is 64.1 Å². The van der Waals surface area contributed by atoms with Crippen LogP contribution in [0.1, 0.15) is 46.0 Å². The highest BCUT2D eigenvalue weighted by molar-refractivity contribution is 4.93. The second-order valence-electron chi connectivity index (χ2n) is 6.80. The summed E-state index contributed by atoms with van der Waals surface area (Å²) in [4.78, 5) is 5.37. The first kappa shape index (κ1) is 15.3. The minimum absolute atomic E-state index is 0.702. The number of nitrogens with zero attached hydrogens (tertiary/aromatic N) is 2. The molecule has 1 aliphatic carbocycles. The zero-order chi connectivity index (χ0) is 13.8. The van der Waals surface area contributed by atoms with E-state index in [1.807, 2.05) is 0 Å². The highest BCUT2D eigenvalue weighted by atomic mass is 15.3. The van der Waals surface area contributed by atoms with Crippen LogP contribution in [-0.2, 0) is 0 Å². The van der Waals surface area contributed by atoms with Crippen LogP contribution in [0.2, 0.25) is 0 Å². The van der Waals surface area contributed by atoms with Gasteiger partial charge in [-0.15, -0.1) is 0 Å². The molecular formula is C16H33N3. The van der Waals surface area contributed by atoms with Gasteiger partial charge in [-0.05, 0) is 58.7 Å². The van der Waals surface area contributed by atoms with E-state index in [9.17, 15) is 0 Å². The largest absolute Gasteiger partial charge is 0.315 e. The van der Waals surface area contributed by atoms with Crippen LogP contribution in [0.25, 0.3) is 0 Å². The molecule has 112 valence electrons. The van der Waals surface area contributed by atoms with Gasteiger partial charge >= 0.3 is 0 Å². The van der Waals surface area contributed by atoms with E-state index in [0.717, 1.165) is 18.0 Å². The maximum absolute atomic E-state index is 3.59. The Hall–Kier alpha value is -0.120. The summed E-state index contributed by atoms with van der Waals surface area (Å²) in [5.74, 6) is 0.896. The molecule has 3 nitrogen and oxygen atoms in total. The van der Waals surface area contributed by atoms with E-state index in [0.29, 0.717) is 6.04 Å². The van der Waals surface area contributed by atoms with Crippen LogP contribution in [0.3, 0.4) is 0 Å². The lowest BCUT2D eigenvalue weighted by atomic mass is 9.82. The normalized spacial score (nSPS) is 39.2. The molecule has 2 aliphatic rings. The zero-order valence-electron chi connectivity index (χ0n) is 13.4. The first-order valence-electron chi connectivity index (χ1n) is 8.27. The van der Waals surface area contributed by atoms with E-state index in [4.69, 9.17) is 0 Å². The van der Waals surface area contributed by atoms with Crippen LogP contribution in [0.4, 0.5) is 0 Å². The average molecular weight is 267 g/mol. The quantitative estimate of drug-likeness (QED) is 0.845. The molecule has 0 spiro atoms. The van der Waals surface area contributed by atoms with E-state index < -0.39 is 0 Å². The molecule has 1 saturated carbocycles. The predicted octanol–water partition coefficient (Wildman–Crippen LogP) is 2.18. The molecule has 4 unspecified atom stereocenters. The topological polar surface area (TPSA) is 18.5 Å². The molecule has 1 N–H and O–H groups in total. The minimum Gasteiger partial charge on any atom is -0.315 e. The Bertz CT molecular complexity index is 269. The third-order valence-electron chi connectivity index (χ3n) is 5.29. The van der Waals surface area contributed by atoms with E-state index in [-0.39, 0.29) is 0 Å². The smallest absolute Gasteiger partial charge is 0.0255 e. The van der Waals surface area contributed by atoms with Gasteiger partial charge in [0, 0.05) is 31.2 Å². The molecule has 19 heavy (non-hydrogen) atoms. The van der Waals surface area contributed by atoms with Crippen LogP contribution in [-0.4, -0.2) is 61.7 Å². The third kappa shape index (κ3) is 3.71. The molecule has 0 aromatic heterocycles. The Morgan fingerprint density at radius 2 is 2.00 bits per heavy atom. The fraction of sp³-hybridized carbons (Fsp3) is 1.00. The number of likely N-dealkylation sites (N-methyl/N-ethyl adjacent to an activating group) is 2. The van der Waals surface area contributed by atoms with Gasteiger partial charge in [-0.1, -0.05) is 13.8 Å². The molecule has 1 heterocycles. The summed E-state index contributed by atoms with van der Waals surface area (Å²) in [7, 11) is 4.43. The lowest BCUT2D eigenvalue weighted by Crippen LogP contribution is -2.56. The third-order valence-corrected chi connectivity index (χ3v) is 5.29. The number of hydrogen-bond acceptors (Lipinski definition) is 3. The summed E-state index contributed by atoms with van der Waals surface area (Å²) >= 11 is 0. The molecule has 0 aromatic carbocycles. The molecule has 0 aromatic rings. The zero-order valence-corrected chi connectivity index (χ0v) is 13.4. The SMILES string of the molecule is CCC1CN(C)CCCN1C1CC(C)CCC1NC. The van der Waals surface area contributed by atoms with Crippen LogP contribution < -0.4 is 5.32 Å². The lowest BCUT2D eigenvalue weighted by molar-refractivity contribution is 0.0642. The number of rotatable bonds is 3. The van der Waals surface area contributed by atoms with Crippen molar-refractivity contribution in [1.29, 1.82) is 0 Å². The molecule has 3 heteroatoms. The van der Waals surface area contributed by atoms with Crippen molar-refractivity contribution in [3.63, 3.8) is 0 Å². The van der Waals surface area contributed by atoms with E-state index in [1.54, 1.807) is 0 Å². The summed E-state index contributed by atoms with van der Waals surface area (Å²) in [5.41, 5.74) is 0. The van der Waals surface area contributed by atoms with E-state index in [1.165, 1.54) is 51.7 Å². The van der Waals surface area contributed by atoms with Crippen molar-refractivity contribution < 1.29 is 0 Å². The molecule has 1 aliphatic heterocycles. The lowest BCUT2D eigenvalue weighted by Gasteiger charge is -2.45. The van der Waals surface area contributed by atoms with E-state index >= 15 is 0 Å². The minimum atomic E-state index is 0.702. The molecular weight excluding hydrogens is 234 g/mol. The maximum atomic E-state index is 3.59. The monoisotopic (exact) mass is 267 g/mol. The number of hydrogen-bond donors (Lipinski definition) is 1. The summed E-state index contributed by atoms with van der Waals surface area (Å²) < 4.78 is 0. The molecule has 0 bridgehead atoms. The van der Waals surface area contributed by atoms with Gasteiger partial charge in [-0.25, -0.2) is 0 Å². The molecule has 4 atom stereocenters. The van der Waals surface area contributed by atoms with Crippen LogP contribution in [0, 0.1) is 5.92 Å². The van der Waals surface area contributed by atoms with Gasteiger partial charge in [-0.2, -0.15) is 0 Å². The molecule has 2 rings (SSSR count). The van der Waals surface area contributed by atoms with Crippen molar-refractivity contribution in [1.82, 2.24) is 15.1 Å². The highest BCUT2D eigenvalue weighted by Gasteiger charge is 2.35. The van der Waals surface area contributed by atoms with Gasteiger partial charge in [0.25, 0.3) is 0 Å². The summed E-state index contributed by atoms with van der Waals surface area (Å²) in [6, 6.07) is 2.21. The van der Waals surface area contributed by atoms with Crippen molar-refractivity contribution >= 4 is 0 Å². The first-order chi connectivity index (χ1) is 9.15. The second kappa shape index (κ2) is 7.05. The Labute approximate surface area is 119 Å². The van der Waals surface area contributed by atoms with Gasteiger partial charge in [0.1, 0.15) is 0 Å². The maximum Gasteiger partial charge on any atom is 0.0255 e. The fourth-order valence-electron chi connectivity index (χ4n) is 4.12. The van der Waals surface area contributed by atoms with Crippen molar-refractivity contribution in [2.24, 2.45) is 5.92 Å². The summed E-state index contributed by atoms with van der Waals surface area (Å²) in [6.07, 6.45) is 6.74. The standard InChI is InChI=1S/C16H33N3/c1-5-14-12-18(4)9-6-10-19(14)16-11-13(2)7-8-15(16)17-3/h13-17H,5-12H2,1-4H3. The fourth-order valence-corrected chi connectivity index (χ4v) is 4.12. The first-order valence-corrected chi connectivity index (χ1v) is 8.27. The van der Waals surface area contributed by atoms with Gasteiger partial charge < -0.3 is 10.2 Å². The molecule has 2 fully saturated rings. The Morgan fingerprint density at radius 3 is 2.68 bits per heavy atom. The number of nitrogens with one attached hydrogen (secondary N) is 1. The molecule has 0 radical (unpaired) electrons. The summed E-state index contributed by atoms with van der Waals surface area (Å²) in [6.45, 7) is 8.59. The van der Waals surface area contributed by atoms with Gasteiger partial charge in [-0.3, -0.25) is 4.90 Å². The average Bonchev–Trinajstić information content (AvgIpc) is 2.60. The van der Waals surface area contributed by atoms with E-state index in [2.05, 4.69) is 43.1 Å². The highest BCUT2D eigenvalue weighted by Crippen LogP contribution is 2.30.